The third kappa shape index (κ3) is 2.81. The van der Waals surface area contributed by atoms with Crippen LogP contribution < -0.4 is 4.90 Å². The lowest BCUT2D eigenvalue weighted by Crippen LogP contribution is -2.34. The number of rotatable bonds is 3. The van der Waals surface area contributed by atoms with Gasteiger partial charge in [-0.1, -0.05) is 6.92 Å². The average Bonchev–Trinajstić information content (AvgIpc) is 2.39. The fourth-order valence-electron chi connectivity index (χ4n) is 2.56. The topological polar surface area (TPSA) is 53.4 Å². The van der Waals surface area contributed by atoms with Crippen molar-refractivity contribution >= 4 is 11.7 Å². The van der Waals surface area contributed by atoms with Crippen LogP contribution in [0, 0.1) is 5.92 Å². The molecule has 0 spiro atoms. The van der Waals surface area contributed by atoms with Gasteiger partial charge < -0.3 is 10.0 Å². The first-order chi connectivity index (χ1) is 8.58. The quantitative estimate of drug-likeness (QED) is 0.893. The smallest absolute Gasteiger partial charge is 0.354 e. The van der Waals surface area contributed by atoms with Crippen LogP contribution in [-0.2, 0) is 0 Å². The van der Waals surface area contributed by atoms with Gasteiger partial charge in [-0.2, -0.15) is 0 Å². The van der Waals surface area contributed by atoms with Crippen molar-refractivity contribution in [3.63, 3.8) is 0 Å². The van der Waals surface area contributed by atoms with E-state index in [1.807, 2.05) is 6.07 Å². The van der Waals surface area contributed by atoms with Gasteiger partial charge in [-0.15, -0.1) is 0 Å². The zero-order chi connectivity index (χ0) is 13.1. The molecule has 1 aromatic heterocycles. The first-order valence-corrected chi connectivity index (χ1v) is 6.50. The standard InChI is InChI=1S/C14H20N2O2/c1-10-3-5-11(6-4-10)16(2)12-7-8-13(14(17)18)15-9-12/h7-11H,3-6H2,1-2H3,(H,17,18). The molecule has 0 aliphatic heterocycles. The molecule has 98 valence electrons. The Hall–Kier alpha value is -1.58. The van der Waals surface area contributed by atoms with Crippen LogP contribution in [-0.4, -0.2) is 29.1 Å². The molecule has 2 rings (SSSR count). The molecular formula is C14H20N2O2. The second kappa shape index (κ2) is 5.38. The SMILES string of the molecule is CC1CCC(N(C)c2ccc(C(=O)O)nc2)CC1. The molecule has 0 saturated heterocycles. The summed E-state index contributed by atoms with van der Waals surface area (Å²) >= 11 is 0. The molecule has 1 N–H and O–H groups in total. The maximum absolute atomic E-state index is 10.7. The summed E-state index contributed by atoms with van der Waals surface area (Å²) in [5.74, 6) is -0.141. The van der Waals surface area contributed by atoms with Crippen LogP contribution >= 0.6 is 0 Å². The number of aromatic carboxylic acids is 1. The van der Waals surface area contributed by atoms with E-state index >= 15 is 0 Å². The van der Waals surface area contributed by atoms with Crippen LogP contribution in [0.15, 0.2) is 18.3 Å². The van der Waals surface area contributed by atoms with Gasteiger partial charge >= 0.3 is 5.97 Å². The fraction of sp³-hybridized carbons (Fsp3) is 0.571. The Morgan fingerprint density at radius 2 is 2.00 bits per heavy atom. The van der Waals surface area contributed by atoms with Gasteiger partial charge in [-0.25, -0.2) is 9.78 Å². The molecule has 0 amide bonds. The zero-order valence-electron chi connectivity index (χ0n) is 11.0. The summed E-state index contributed by atoms with van der Waals surface area (Å²) in [6.07, 6.45) is 6.61. The monoisotopic (exact) mass is 248 g/mol. The molecule has 0 unspecified atom stereocenters. The molecule has 4 nitrogen and oxygen atoms in total. The highest BCUT2D eigenvalue weighted by Crippen LogP contribution is 2.28. The van der Waals surface area contributed by atoms with Crippen LogP contribution in [0.5, 0.6) is 0 Å². The van der Waals surface area contributed by atoms with E-state index in [0.717, 1.165) is 11.6 Å². The molecule has 1 heterocycles. The van der Waals surface area contributed by atoms with E-state index in [2.05, 4.69) is 23.9 Å². The van der Waals surface area contributed by atoms with Gasteiger partial charge in [-0.3, -0.25) is 0 Å². The minimum Gasteiger partial charge on any atom is -0.477 e. The first kappa shape index (κ1) is 12.9. The third-order valence-electron chi connectivity index (χ3n) is 3.91. The Labute approximate surface area is 108 Å². The first-order valence-electron chi connectivity index (χ1n) is 6.50. The number of carbonyl (C=O) groups is 1. The van der Waals surface area contributed by atoms with Crippen molar-refractivity contribution in [1.29, 1.82) is 0 Å². The highest BCUT2D eigenvalue weighted by molar-refractivity contribution is 5.85. The minimum atomic E-state index is -0.976. The Balaban J connectivity index is 2.04. The largest absolute Gasteiger partial charge is 0.477 e. The van der Waals surface area contributed by atoms with Crippen LogP contribution in [0.25, 0.3) is 0 Å². The summed E-state index contributed by atoms with van der Waals surface area (Å²) in [6.45, 7) is 2.30. The third-order valence-corrected chi connectivity index (χ3v) is 3.91. The van der Waals surface area contributed by atoms with Crippen LogP contribution in [0.1, 0.15) is 43.1 Å². The maximum Gasteiger partial charge on any atom is 0.354 e. The Morgan fingerprint density at radius 3 is 2.50 bits per heavy atom. The Kier molecular flexibility index (Phi) is 3.84. The summed E-state index contributed by atoms with van der Waals surface area (Å²) in [6, 6.07) is 3.97. The van der Waals surface area contributed by atoms with Crippen molar-refractivity contribution in [1.82, 2.24) is 4.98 Å². The Morgan fingerprint density at radius 1 is 1.33 bits per heavy atom. The number of carboxylic acids is 1. The van der Waals surface area contributed by atoms with Crippen molar-refractivity contribution in [2.75, 3.05) is 11.9 Å². The van der Waals surface area contributed by atoms with E-state index in [9.17, 15) is 4.79 Å². The van der Waals surface area contributed by atoms with Gasteiger partial charge in [0.05, 0.1) is 11.9 Å². The summed E-state index contributed by atoms with van der Waals surface area (Å²) in [5.41, 5.74) is 1.10. The number of nitrogens with zero attached hydrogens (tertiary/aromatic N) is 2. The van der Waals surface area contributed by atoms with Crippen molar-refractivity contribution < 1.29 is 9.90 Å². The van der Waals surface area contributed by atoms with Gasteiger partial charge in [0, 0.05) is 13.1 Å². The summed E-state index contributed by atoms with van der Waals surface area (Å²) in [7, 11) is 2.07. The second-order valence-electron chi connectivity index (χ2n) is 5.23. The number of hydrogen-bond acceptors (Lipinski definition) is 3. The number of pyridine rings is 1. The molecule has 0 bridgehead atoms. The number of aromatic nitrogens is 1. The van der Waals surface area contributed by atoms with Gasteiger partial charge in [0.2, 0.25) is 0 Å². The molecule has 1 aromatic rings. The number of anilines is 1. The summed E-state index contributed by atoms with van der Waals surface area (Å²) < 4.78 is 0. The molecular weight excluding hydrogens is 228 g/mol. The molecule has 0 radical (unpaired) electrons. The van der Waals surface area contributed by atoms with Crippen molar-refractivity contribution in [2.45, 2.75) is 38.6 Å². The van der Waals surface area contributed by atoms with E-state index in [4.69, 9.17) is 5.11 Å². The highest BCUT2D eigenvalue weighted by Gasteiger charge is 2.22. The summed E-state index contributed by atoms with van der Waals surface area (Å²) in [4.78, 5) is 16.9. The van der Waals surface area contributed by atoms with E-state index in [1.54, 1.807) is 12.3 Å². The van der Waals surface area contributed by atoms with E-state index in [1.165, 1.54) is 25.7 Å². The van der Waals surface area contributed by atoms with Crippen LogP contribution in [0.2, 0.25) is 0 Å². The number of carboxylic acid groups (broad SMARTS) is 1. The molecule has 0 aromatic carbocycles. The fourth-order valence-corrected chi connectivity index (χ4v) is 2.56. The zero-order valence-corrected chi connectivity index (χ0v) is 11.0. The van der Waals surface area contributed by atoms with Gasteiger partial charge in [0.25, 0.3) is 0 Å². The summed E-state index contributed by atoms with van der Waals surface area (Å²) in [5, 5.41) is 8.82. The lowest BCUT2D eigenvalue weighted by atomic mass is 9.86. The highest BCUT2D eigenvalue weighted by atomic mass is 16.4. The molecule has 1 aliphatic rings. The normalized spacial score (nSPS) is 23.7. The molecule has 18 heavy (non-hydrogen) atoms. The lowest BCUT2D eigenvalue weighted by Gasteiger charge is -2.34. The predicted molar refractivity (Wildman–Crippen MR) is 71.0 cm³/mol. The van der Waals surface area contributed by atoms with Gasteiger partial charge in [0.1, 0.15) is 5.69 Å². The van der Waals surface area contributed by atoms with Crippen LogP contribution in [0.3, 0.4) is 0 Å². The van der Waals surface area contributed by atoms with Gasteiger partial charge in [0.15, 0.2) is 0 Å². The van der Waals surface area contributed by atoms with E-state index in [-0.39, 0.29) is 5.69 Å². The Bertz CT molecular complexity index is 408. The molecule has 1 aliphatic carbocycles. The minimum absolute atomic E-state index is 0.101. The van der Waals surface area contributed by atoms with Gasteiger partial charge in [-0.05, 0) is 43.7 Å². The average molecular weight is 248 g/mol. The van der Waals surface area contributed by atoms with Crippen LogP contribution in [0.4, 0.5) is 5.69 Å². The molecule has 1 fully saturated rings. The predicted octanol–water partition coefficient (Wildman–Crippen LogP) is 2.79. The second-order valence-corrected chi connectivity index (χ2v) is 5.23. The van der Waals surface area contributed by atoms with E-state index < -0.39 is 5.97 Å². The number of hydrogen-bond donors (Lipinski definition) is 1. The maximum atomic E-state index is 10.7. The molecule has 1 saturated carbocycles. The lowest BCUT2D eigenvalue weighted by molar-refractivity contribution is 0.0690. The molecule has 4 heteroatoms. The molecule has 0 atom stereocenters. The van der Waals surface area contributed by atoms with Crippen molar-refractivity contribution in [3.8, 4) is 0 Å². The van der Waals surface area contributed by atoms with Crippen molar-refractivity contribution in [2.24, 2.45) is 5.92 Å². The van der Waals surface area contributed by atoms with Crippen molar-refractivity contribution in [3.05, 3.63) is 24.0 Å². The van der Waals surface area contributed by atoms with E-state index in [0.29, 0.717) is 6.04 Å².